The zero-order valence-electron chi connectivity index (χ0n) is 15.9. The fourth-order valence-electron chi connectivity index (χ4n) is 3.29. The molecule has 26 heavy (non-hydrogen) atoms. The summed E-state index contributed by atoms with van der Waals surface area (Å²) >= 11 is 0. The molecule has 1 aliphatic rings. The molecule has 144 valence electrons. The van der Waals surface area contributed by atoms with E-state index in [4.69, 9.17) is 4.74 Å². The third-order valence-electron chi connectivity index (χ3n) is 4.95. The van der Waals surface area contributed by atoms with Crippen molar-refractivity contribution in [3.8, 4) is 0 Å². The Hall–Kier alpha value is -2.08. The molecular weight excluding hydrogens is 330 g/mol. The highest BCUT2D eigenvalue weighted by Crippen LogP contribution is 2.23. The standard InChI is InChI=1S/C20H31N3O3/c1-3-17-6-4-5-7-18(17)22-20(25)23-13-10-16(11-14-23)8-9-19(24)21-12-15-26-2/h4-7,16H,3,8-15H2,1-2H3,(H,21,24)(H,22,25). The van der Waals surface area contributed by atoms with Crippen LogP contribution in [0.3, 0.4) is 0 Å². The molecule has 0 radical (unpaired) electrons. The van der Waals surface area contributed by atoms with Gasteiger partial charge in [0, 0.05) is 38.9 Å². The first-order chi connectivity index (χ1) is 12.6. The molecule has 1 fully saturated rings. The number of methoxy groups -OCH3 is 1. The Bertz CT molecular complexity index is 583. The number of hydrogen-bond donors (Lipinski definition) is 2. The number of ether oxygens (including phenoxy) is 1. The van der Waals surface area contributed by atoms with Crippen LogP contribution in [0, 0.1) is 5.92 Å². The molecule has 0 unspecified atom stereocenters. The van der Waals surface area contributed by atoms with Crippen molar-refractivity contribution in [1.29, 1.82) is 0 Å². The van der Waals surface area contributed by atoms with Crippen molar-refractivity contribution in [2.75, 3.05) is 38.7 Å². The Balaban J connectivity index is 1.70. The highest BCUT2D eigenvalue weighted by molar-refractivity contribution is 5.90. The van der Waals surface area contributed by atoms with Crippen molar-refractivity contribution in [3.05, 3.63) is 29.8 Å². The SMILES string of the molecule is CCc1ccccc1NC(=O)N1CCC(CCC(=O)NCCOC)CC1. The Morgan fingerprint density at radius 2 is 1.96 bits per heavy atom. The van der Waals surface area contributed by atoms with Crippen LogP contribution < -0.4 is 10.6 Å². The van der Waals surface area contributed by atoms with E-state index in [1.54, 1.807) is 7.11 Å². The second-order valence-corrected chi connectivity index (χ2v) is 6.75. The molecule has 1 aliphatic heterocycles. The van der Waals surface area contributed by atoms with E-state index in [1.807, 2.05) is 29.2 Å². The first kappa shape index (κ1) is 20.2. The molecule has 3 amide bonds. The van der Waals surface area contributed by atoms with Crippen LogP contribution in [0.15, 0.2) is 24.3 Å². The summed E-state index contributed by atoms with van der Waals surface area (Å²) < 4.78 is 4.92. The molecule has 1 saturated heterocycles. The number of anilines is 1. The van der Waals surface area contributed by atoms with Crippen LogP contribution in [-0.2, 0) is 16.0 Å². The number of hydrogen-bond acceptors (Lipinski definition) is 3. The molecular formula is C20H31N3O3. The average Bonchev–Trinajstić information content (AvgIpc) is 2.67. The second kappa shape index (κ2) is 10.8. The first-order valence-electron chi connectivity index (χ1n) is 9.53. The lowest BCUT2D eigenvalue weighted by atomic mass is 9.92. The van der Waals surface area contributed by atoms with E-state index >= 15 is 0 Å². The number of nitrogens with one attached hydrogen (secondary N) is 2. The summed E-state index contributed by atoms with van der Waals surface area (Å²) in [6.07, 6.45) is 4.23. The summed E-state index contributed by atoms with van der Waals surface area (Å²) in [5.74, 6) is 0.591. The van der Waals surface area contributed by atoms with E-state index in [1.165, 1.54) is 0 Å². The molecule has 0 atom stereocenters. The molecule has 2 N–H and O–H groups in total. The van der Waals surface area contributed by atoms with Gasteiger partial charge in [0.15, 0.2) is 0 Å². The van der Waals surface area contributed by atoms with Gasteiger partial charge in [-0.1, -0.05) is 25.1 Å². The maximum atomic E-state index is 12.5. The van der Waals surface area contributed by atoms with Gasteiger partial charge in [0.1, 0.15) is 0 Å². The van der Waals surface area contributed by atoms with Gasteiger partial charge in [0.05, 0.1) is 6.61 Å². The van der Waals surface area contributed by atoms with E-state index in [0.717, 1.165) is 50.0 Å². The number of para-hydroxylation sites is 1. The van der Waals surface area contributed by atoms with E-state index in [9.17, 15) is 9.59 Å². The van der Waals surface area contributed by atoms with Crippen LogP contribution in [0.4, 0.5) is 10.5 Å². The molecule has 2 rings (SSSR count). The second-order valence-electron chi connectivity index (χ2n) is 6.75. The van der Waals surface area contributed by atoms with Crippen LogP contribution in [-0.4, -0.2) is 50.2 Å². The maximum Gasteiger partial charge on any atom is 0.321 e. The summed E-state index contributed by atoms with van der Waals surface area (Å²) in [7, 11) is 1.62. The van der Waals surface area contributed by atoms with Gasteiger partial charge in [-0.05, 0) is 43.2 Å². The highest BCUT2D eigenvalue weighted by atomic mass is 16.5. The zero-order chi connectivity index (χ0) is 18.8. The predicted molar refractivity (Wildman–Crippen MR) is 103 cm³/mol. The zero-order valence-corrected chi connectivity index (χ0v) is 15.9. The molecule has 0 aromatic heterocycles. The number of aryl methyl sites for hydroxylation is 1. The van der Waals surface area contributed by atoms with E-state index in [0.29, 0.717) is 25.5 Å². The topological polar surface area (TPSA) is 70.7 Å². The van der Waals surface area contributed by atoms with Crippen LogP contribution in [0.2, 0.25) is 0 Å². The third-order valence-corrected chi connectivity index (χ3v) is 4.95. The summed E-state index contributed by atoms with van der Waals surface area (Å²) in [5, 5.41) is 5.89. The minimum Gasteiger partial charge on any atom is -0.383 e. The van der Waals surface area contributed by atoms with Crippen molar-refractivity contribution in [2.24, 2.45) is 5.92 Å². The Labute approximate surface area is 156 Å². The number of carbonyl (C=O) groups is 2. The van der Waals surface area contributed by atoms with Crippen LogP contribution in [0.5, 0.6) is 0 Å². The molecule has 1 aromatic carbocycles. The Kier molecular flexibility index (Phi) is 8.41. The van der Waals surface area contributed by atoms with Crippen LogP contribution in [0.25, 0.3) is 0 Å². The summed E-state index contributed by atoms with van der Waals surface area (Å²) in [6, 6.07) is 7.90. The lowest BCUT2D eigenvalue weighted by Crippen LogP contribution is -2.41. The molecule has 0 bridgehead atoms. The van der Waals surface area contributed by atoms with Crippen molar-refractivity contribution in [3.63, 3.8) is 0 Å². The van der Waals surface area contributed by atoms with Crippen molar-refractivity contribution >= 4 is 17.6 Å². The smallest absolute Gasteiger partial charge is 0.321 e. The fourth-order valence-corrected chi connectivity index (χ4v) is 3.29. The molecule has 0 aliphatic carbocycles. The molecule has 6 nitrogen and oxygen atoms in total. The quantitative estimate of drug-likeness (QED) is 0.699. The lowest BCUT2D eigenvalue weighted by molar-refractivity contribution is -0.121. The van der Waals surface area contributed by atoms with Gasteiger partial charge in [-0.3, -0.25) is 4.79 Å². The van der Waals surface area contributed by atoms with E-state index in [-0.39, 0.29) is 11.9 Å². The number of piperidine rings is 1. The summed E-state index contributed by atoms with van der Waals surface area (Å²) in [4.78, 5) is 26.1. The third kappa shape index (κ3) is 6.33. The first-order valence-corrected chi connectivity index (χ1v) is 9.53. The monoisotopic (exact) mass is 361 g/mol. The average molecular weight is 361 g/mol. The number of amides is 3. The maximum absolute atomic E-state index is 12.5. The number of likely N-dealkylation sites (tertiary alicyclic amines) is 1. The Morgan fingerprint density at radius 3 is 2.65 bits per heavy atom. The van der Waals surface area contributed by atoms with Gasteiger partial charge in [0.25, 0.3) is 0 Å². The summed E-state index contributed by atoms with van der Waals surface area (Å²) in [5.41, 5.74) is 2.05. The number of benzene rings is 1. The molecule has 0 saturated carbocycles. The molecule has 1 aromatic rings. The normalized spacial score (nSPS) is 14.9. The summed E-state index contributed by atoms with van der Waals surface area (Å²) in [6.45, 7) is 4.68. The number of carbonyl (C=O) groups excluding carboxylic acids is 2. The lowest BCUT2D eigenvalue weighted by Gasteiger charge is -2.32. The number of nitrogens with zero attached hydrogens (tertiary/aromatic N) is 1. The van der Waals surface area contributed by atoms with Gasteiger partial charge in [-0.25, -0.2) is 4.79 Å². The van der Waals surface area contributed by atoms with Crippen LogP contribution in [0.1, 0.15) is 38.2 Å². The van der Waals surface area contributed by atoms with Gasteiger partial charge < -0.3 is 20.3 Å². The largest absolute Gasteiger partial charge is 0.383 e. The van der Waals surface area contributed by atoms with Gasteiger partial charge in [-0.15, -0.1) is 0 Å². The minimum atomic E-state index is -0.0262. The fraction of sp³-hybridized carbons (Fsp3) is 0.600. The van der Waals surface area contributed by atoms with Gasteiger partial charge >= 0.3 is 6.03 Å². The van der Waals surface area contributed by atoms with Crippen molar-refractivity contribution < 1.29 is 14.3 Å². The number of urea groups is 1. The highest BCUT2D eigenvalue weighted by Gasteiger charge is 2.23. The van der Waals surface area contributed by atoms with E-state index < -0.39 is 0 Å². The van der Waals surface area contributed by atoms with Crippen LogP contribution >= 0.6 is 0 Å². The van der Waals surface area contributed by atoms with E-state index in [2.05, 4.69) is 17.6 Å². The van der Waals surface area contributed by atoms with Crippen molar-refractivity contribution in [2.45, 2.75) is 39.0 Å². The Morgan fingerprint density at radius 1 is 1.23 bits per heavy atom. The van der Waals surface area contributed by atoms with Crippen molar-refractivity contribution in [1.82, 2.24) is 10.2 Å². The molecule has 1 heterocycles. The predicted octanol–water partition coefficient (Wildman–Crippen LogP) is 3.04. The molecule has 6 heteroatoms. The van der Waals surface area contributed by atoms with Gasteiger partial charge in [-0.2, -0.15) is 0 Å². The molecule has 0 spiro atoms. The van der Waals surface area contributed by atoms with Gasteiger partial charge in [0.2, 0.25) is 5.91 Å². The number of rotatable bonds is 8. The minimum absolute atomic E-state index is 0.0262.